The predicted octanol–water partition coefficient (Wildman–Crippen LogP) is 1.57. The number of pyridine rings is 1. The van der Waals surface area contributed by atoms with Gasteiger partial charge >= 0.3 is 11.9 Å². The van der Waals surface area contributed by atoms with E-state index in [-0.39, 0.29) is 18.0 Å². The number of carbonyl (C=O) groups excluding carboxylic acids is 2. The maximum Gasteiger partial charge on any atom is 0.326 e. The van der Waals surface area contributed by atoms with Crippen LogP contribution in [0.5, 0.6) is 0 Å². The molecule has 7 heteroatoms. The Labute approximate surface area is 140 Å². The van der Waals surface area contributed by atoms with Gasteiger partial charge in [0.2, 0.25) is 0 Å². The van der Waals surface area contributed by atoms with Crippen LogP contribution in [0.2, 0.25) is 0 Å². The van der Waals surface area contributed by atoms with Crippen molar-refractivity contribution in [3.8, 4) is 0 Å². The van der Waals surface area contributed by atoms with Crippen molar-refractivity contribution in [2.45, 2.75) is 24.4 Å². The zero-order valence-corrected chi connectivity index (χ0v) is 14.4. The summed E-state index contributed by atoms with van der Waals surface area (Å²) in [6.45, 7) is 0. The van der Waals surface area contributed by atoms with Gasteiger partial charge in [0.25, 0.3) is 0 Å². The van der Waals surface area contributed by atoms with E-state index < -0.39 is 11.5 Å². The lowest BCUT2D eigenvalue weighted by Crippen LogP contribution is -2.49. The highest BCUT2D eigenvalue weighted by Gasteiger charge is 2.53. The second-order valence-corrected chi connectivity index (χ2v) is 6.51. The number of methoxy groups -OCH3 is 2. The number of nitrogens with zero attached hydrogens (tertiary/aromatic N) is 1. The van der Waals surface area contributed by atoms with E-state index in [2.05, 4.69) is 10.3 Å². The third kappa shape index (κ3) is 3.67. The number of aromatic nitrogens is 1. The lowest BCUT2D eigenvalue weighted by Gasteiger charge is -2.27. The highest BCUT2D eigenvalue weighted by Crippen LogP contribution is 2.41. The summed E-state index contributed by atoms with van der Waals surface area (Å²) in [5.74, 6) is -0.386. The van der Waals surface area contributed by atoms with Crippen molar-refractivity contribution >= 4 is 23.7 Å². The van der Waals surface area contributed by atoms with Gasteiger partial charge in [-0.3, -0.25) is 19.9 Å². The van der Waals surface area contributed by atoms with Crippen LogP contribution in [0.25, 0.3) is 0 Å². The van der Waals surface area contributed by atoms with Crippen LogP contribution in [0, 0.1) is 5.92 Å². The van der Waals surface area contributed by atoms with Gasteiger partial charge in [0.05, 0.1) is 31.9 Å². The smallest absolute Gasteiger partial charge is 0.326 e. The first-order valence-electron chi connectivity index (χ1n) is 7.42. The van der Waals surface area contributed by atoms with Gasteiger partial charge in [-0.15, -0.1) is 0 Å². The maximum absolute atomic E-state index is 12.4. The molecule has 0 saturated carbocycles. The van der Waals surface area contributed by atoms with Crippen molar-refractivity contribution < 1.29 is 19.1 Å². The van der Waals surface area contributed by atoms with Crippen LogP contribution in [0.15, 0.2) is 24.4 Å². The largest absolute Gasteiger partial charge is 0.469 e. The van der Waals surface area contributed by atoms with E-state index in [0.29, 0.717) is 12.8 Å². The summed E-state index contributed by atoms with van der Waals surface area (Å²) in [4.78, 5) is 29.0. The molecule has 0 radical (unpaired) electrons. The molecule has 2 heterocycles. The molecule has 1 saturated heterocycles. The predicted molar refractivity (Wildman–Crippen MR) is 88.0 cm³/mol. The highest BCUT2D eigenvalue weighted by atomic mass is 32.2. The van der Waals surface area contributed by atoms with Crippen molar-refractivity contribution in [1.82, 2.24) is 10.3 Å². The van der Waals surface area contributed by atoms with Crippen LogP contribution in [-0.4, -0.2) is 48.7 Å². The number of thioether (sulfide) groups is 1. The van der Waals surface area contributed by atoms with E-state index in [1.807, 2.05) is 24.5 Å². The fourth-order valence-electron chi connectivity index (χ4n) is 3.05. The molecular weight excluding hydrogens is 316 g/mol. The topological polar surface area (TPSA) is 77.5 Å². The number of ether oxygens (including phenoxy) is 2. The Morgan fingerprint density at radius 3 is 2.74 bits per heavy atom. The third-order valence-electron chi connectivity index (χ3n) is 4.22. The summed E-state index contributed by atoms with van der Waals surface area (Å²) in [5, 5.41) is 3.32. The highest BCUT2D eigenvalue weighted by molar-refractivity contribution is 7.98. The molecule has 0 aliphatic carbocycles. The number of nitrogens with one attached hydrogen (secondary N) is 1. The molecule has 126 valence electrons. The van der Waals surface area contributed by atoms with E-state index in [9.17, 15) is 9.59 Å². The Morgan fingerprint density at radius 1 is 1.39 bits per heavy atom. The van der Waals surface area contributed by atoms with Crippen LogP contribution in [-0.2, 0) is 19.1 Å². The van der Waals surface area contributed by atoms with Gasteiger partial charge in [0, 0.05) is 6.20 Å². The van der Waals surface area contributed by atoms with Gasteiger partial charge in [0.15, 0.2) is 0 Å². The van der Waals surface area contributed by atoms with Crippen molar-refractivity contribution in [3.63, 3.8) is 0 Å². The van der Waals surface area contributed by atoms with Crippen LogP contribution in [0.1, 0.15) is 24.6 Å². The SMILES string of the molecule is COC(=O)[C@@H]1C[C@](CCSC)(C(=O)OC)N[C@@H]1c1ccccn1. The summed E-state index contributed by atoms with van der Waals surface area (Å²) in [7, 11) is 2.73. The summed E-state index contributed by atoms with van der Waals surface area (Å²) in [6.07, 6.45) is 4.57. The molecule has 1 aliphatic rings. The number of rotatable bonds is 6. The minimum Gasteiger partial charge on any atom is -0.469 e. The van der Waals surface area contributed by atoms with Crippen LogP contribution < -0.4 is 5.32 Å². The molecule has 0 bridgehead atoms. The quantitative estimate of drug-likeness (QED) is 0.789. The van der Waals surface area contributed by atoms with Crippen LogP contribution in [0.4, 0.5) is 0 Å². The van der Waals surface area contributed by atoms with Gasteiger partial charge in [-0.1, -0.05) is 6.07 Å². The molecule has 0 unspecified atom stereocenters. The lowest BCUT2D eigenvalue weighted by molar-refractivity contribution is -0.149. The molecule has 0 aromatic carbocycles. The first-order chi connectivity index (χ1) is 11.1. The average Bonchev–Trinajstić information content (AvgIpc) is 3.00. The average molecular weight is 338 g/mol. The zero-order chi connectivity index (χ0) is 16.9. The van der Waals surface area contributed by atoms with E-state index in [1.165, 1.54) is 14.2 Å². The Balaban J connectivity index is 2.36. The Hall–Kier alpha value is -1.60. The van der Waals surface area contributed by atoms with Gasteiger partial charge < -0.3 is 9.47 Å². The molecule has 1 aromatic rings. The molecule has 1 aromatic heterocycles. The molecule has 1 aliphatic heterocycles. The standard InChI is InChI=1S/C16H22N2O4S/c1-21-14(19)11-10-16(7-9-23-3,15(20)22-2)18-13(11)12-6-4-5-8-17-12/h4-6,8,11,13,18H,7,9-10H2,1-3H3/t11-,13+,16-/m1/s1. The van der Waals surface area contributed by atoms with Crippen molar-refractivity contribution in [3.05, 3.63) is 30.1 Å². The summed E-state index contributed by atoms with van der Waals surface area (Å²) < 4.78 is 9.93. The van der Waals surface area contributed by atoms with Gasteiger partial charge in [-0.05, 0) is 37.0 Å². The number of hydrogen-bond donors (Lipinski definition) is 1. The molecule has 1 N–H and O–H groups in total. The molecule has 0 amide bonds. The van der Waals surface area contributed by atoms with Crippen molar-refractivity contribution in [1.29, 1.82) is 0 Å². The monoisotopic (exact) mass is 338 g/mol. The molecule has 0 spiro atoms. The molecule has 23 heavy (non-hydrogen) atoms. The third-order valence-corrected chi connectivity index (χ3v) is 4.83. The van der Waals surface area contributed by atoms with E-state index in [0.717, 1.165) is 11.4 Å². The molecular formula is C16H22N2O4S. The summed E-state index contributed by atoms with van der Waals surface area (Å²) in [6, 6.07) is 5.14. The molecule has 2 rings (SSSR count). The van der Waals surface area contributed by atoms with E-state index in [1.54, 1.807) is 18.0 Å². The summed E-state index contributed by atoms with van der Waals surface area (Å²) in [5.41, 5.74) is -0.170. The Bertz CT molecular complexity index is 554. The normalized spacial score (nSPS) is 26.7. The lowest BCUT2D eigenvalue weighted by atomic mass is 9.88. The summed E-state index contributed by atoms with van der Waals surface area (Å²) >= 11 is 1.65. The molecule has 1 fully saturated rings. The second kappa shape index (κ2) is 7.79. The second-order valence-electron chi connectivity index (χ2n) is 5.53. The minimum absolute atomic E-state index is 0.341. The van der Waals surface area contributed by atoms with Gasteiger partial charge in [-0.2, -0.15) is 11.8 Å². The zero-order valence-electron chi connectivity index (χ0n) is 13.6. The van der Waals surface area contributed by atoms with E-state index in [4.69, 9.17) is 9.47 Å². The molecule has 3 atom stereocenters. The Morgan fingerprint density at radius 2 is 2.17 bits per heavy atom. The first kappa shape index (κ1) is 17.7. The fourth-order valence-corrected chi connectivity index (χ4v) is 3.60. The number of esters is 2. The Kier molecular flexibility index (Phi) is 6.01. The van der Waals surface area contributed by atoms with E-state index >= 15 is 0 Å². The maximum atomic E-state index is 12.4. The number of hydrogen-bond acceptors (Lipinski definition) is 7. The first-order valence-corrected chi connectivity index (χ1v) is 8.81. The minimum atomic E-state index is -0.890. The van der Waals surface area contributed by atoms with Crippen molar-refractivity contribution in [2.24, 2.45) is 5.92 Å². The van der Waals surface area contributed by atoms with Crippen molar-refractivity contribution in [2.75, 3.05) is 26.2 Å². The fraction of sp³-hybridized carbons (Fsp3) is 0.562. The number of carbonyl (C=O) groups is 2. The van der Waals surface area contributed by atoms with Gasteiger partial charge in [0.1, 0.15) is 5.54 Å². The van der Waals surface area contributed by atoms with Gasteiger partial charge in [-0.25, -0.2) is 0 Å². The van der Waals surface area contributed by atoms with Crippen LogP contribution >= 0.6 is 11.8 Å². The molecule has 6 nitrogen and oxygen atoms in total. The van der Waals surface area contributed by atoms with Crippen LogP contribution in [0.3, 0.4) is 0 Å².